The molecule has 1 heterocycles. The fraction of sp³-hybridized carbons (Fsp3) is 0.933. The fourth-order valence-electron chi connectivity index (χ4n) is 2.65. The first-order chi connectivity index (χ1) is 10.0. The molecule has 21 heavy (non-hydrogen) atoms. The van der Waals surface area contributed by atoms with Gasteiger partial charge in [0.05, 0.1) is 24.7 Å². The number of aliphatic hydroxyl groups is 3. The van der Waals surface area contributed by atoms with E-state index in [4.69, 9.17) is 14.6 Å². The van der Waals surface area contributed by atoms with Crippen LogP contribution in [0.15, 0.2) is 0 Å². The molecule has 0 aromatic rings. The van der Waals surface area contributed by atoms with Gasteiger partial charge < -0.3 is 24.8 Å². The summed E-state index contributed by atoms with van der Waals surface area (Å²) in [5, 5.41) is 28.7. The number of esters is 1. The molecule has 0 aromatic carbocycles. The van der Waals surface area contributed by atoms with Crippen molar-refractivity contribution in [2.24, 2.45) is 5.92 Å². The van der Waals surface area contributed by atoms with Gasteiger partial charge in [0.15, 0.2) is 0 Å². The normalized spacial score (nSPS) is 29.6. The molecule has 3 N–H and O–H groups in total. The summed E-state index contributed by atoms with van der Waals surface area (Å²) < 4.78 is 10.7. The van der Waals surface area contributed by atoms with Gasteiger partial charge in [0, 0.05) is 6.42 Å². The molecule has 6 heteroatoms. The van der Waals surface area contributed by atoms with Crippen LogP contribution in [0.2, 0.25) is 0 Å². The lowest BCUT2D eigenvalue weighted by molar-refractivity contribution is -0.196. The molecule has 0 aliphatic carbocycles. The maximum atomic E-state index is 12.0. The summed E-state index contributed by atoms with van der Waals surface area (Å²) in [4.78, 5) is 12.0. The molecule has 0 radical (unpaired) electrons. The number of hydrogen-bond acceptors (Lipinski definition) is 6. The molecule has 1 aliphatic rings. The van der Waals surface area contributed by atoms with Gasteiger partial charge in [-0.15, -0.1) is 0 Å². The Kier molecular flexibility index (Phi) is 8.18. The minimum absolute atomic E-state index is 0.0997. The summed E-state index contributed by atoms with van der Waals surface area (Å²) in [6.45, 7) is 3.71. The van der Waals surface area contributed by atoms with E-state index in [1.807, 2.05) is 13.8 Å². The zero-order valence-corrected chi connectivity index (χ0v) is 12.9. The first kappa shape index (κ1) is 18.4. The highest BCUT2D eigenvalue weighted by Crippen LogP contribution is 2.22. The van der Waals surface area contributed by atoms with E-state index in [2.05, 4.69) is 0 Å². The molecule has 4 atom stereocenters. The average molecular weight is 304 g/mol. The van der Waals surface area contributed by atoms with Crippen LogP contribution in [0.1, 0.15) is 46.0 Å². The van der Waals surface area contributed by atoms with Gasteiger partial charge in [-0.3, -0.25) is 4.79 Å². The van der Waals surface area contributed by atoms with E-state index < -0.39 is 24.4 Å². The van der Waals surface area contributed by atoms with Gasteiger partial charge in [0.1, 0.15) is 18.8 Å². The molecule has 1 aliphatic heterocycles. The van der Waals surface area contributed by atoms with E-state index in [0.717, 1.165) is 25.7 Å². The van der Waals surface area contributed by atoms with Crippen molar-refractivity contribution in [2.75, 3.05) is 13.2 Å². The lowest BCUT2D eigenvalue weighted by atomic mass is 9.97. The Hall–Kier alpha value is -0.690. The predicted molar refractivity (Wildman–Crippen MR) is 76.6 cm³/mol. The molecule has 0 saturated carbocycles. The van der Waals surface area contributed by atoms with Gasteiger partial charge >= 0.3 is 5.97 Å². The van der Waals surface area contributed by atoms with E-state index >= 15 is 0 Å². The Morgan fingerprint density at radius 3 is 2.43 bits per heavy atom. The first-order valence-corrected chi connectivity index (χ1v) is 7.82. The minimum Gasteiger partial charge on any atom is -0.463 e. The molecule has 6 nitrogen and oxygen atoms in total. The number of rotatable bonds is 8. The zero-order chi connectivity index (χ0) is 15.8. The van der Waals surface area contributed by atoms with Crippen LogP contribution in [-0.4, -0.2) is 58.9 Å². The molecule has 0 bridgehead atoms. The monoisotopic (exact) mass is 304 g/mol. The van der Waals surface area contributed by atoms with Gasteiger partial charge in [-0.1, -0.05) is 26.7 Å². The van der Waals surface area contributed by atoms with Crippen LogP contribution >= 0.6 is 0 Å². The van der Waals surface area contributed by atoms with Gasteiger partial charge in [-0.2, -0.15) is 0 Å². The van der Waals surface area contributed by atoms with Crippen molar-refractivity contribution in [1.29, 1.82) is 0 Å². The maximum Gasteiger partial charge on any atom is 0.309 e. The van der Waals surface area contributed by atoms with Crippen LogP contribution < -0.4 is 0 Å². The molecule has 0 spiro atoms. The van der Waals surface area contributed by atoms with Crippen LogP contribution in [0, 0.1) is 5.92 Å². The van der Waals surface area contributed by atoms with Crippen molar-refractivity contribution in [1.82, 2.24) is 0 Å². The quantitative estimate of drug-likeness (QED) is 0.569. The summed E-state index contributed by atoms with van der Waals surface area (Å²) in [5.41, 5.74) is 0. The van der Waals surface area contributed by atoms with E-state index in [0.29, 0.717) is 0 Å². The summed E-state index contributed by atoms with van der Waals surface area (Å²) in [7, 11) is 0. The van der Waals surface area contributed by atoms with E-state index in [1.54, 1.807) is 0 Å². The van der Waals surface area contributed by atoms with Crippen LogP contribution in [0.5, 0.6) is 0 Å². The summed E-state index contributed by atoms with van der Waals surface area (Å²) in [6, 6.07) is 0. The first-order valence-electron chi connectivity index (χ1n) is 7.82. The molecule has 1 rings (SSSR count). The topological polar surface area (TPSA) is 96.2 Å². The smallest absolute Gasteiger partial charge is 0.309 e. The Bertz CT molecular complexity index is 303. The molecular weight excluding hydrogens is 276 g/mol. The maximum absolute atomic E-state index is 12.0. The van der Waals surface area contributed by atoms with Crippen LogP contribution in [0.25, 0.3) is 0 Å². The van der Waals surface area contributed by atoms with Crippen molar-refractivity contribution < 1.29 is 29.6 Å². The number of aliphatic hydroxyl groups excluding tert-OH is 3. The fourth-order valence-corrected chi connectivity index (χ4v) is 2.65. The molecule has 124 valence electrons. The molecular formula is C15H28O6. The molecule has 0 aromatic heterocycles. The summed E-state index contributed by atoms with van der Waals surface area (Å²) >= 11 is 0. The van der Waals surface area contributed by atoms with Crippen molar-refractivity contribution in [3.63, 3.8) is 0 Å². The number of hydrogen-bond donors (Lipinski definition) is 3. The Morgan fingerprint density at radius 1 is 1.29 bits per heavy atom. The molecule has 1 fully saturated rings. The van der Waals surface area contributed by atoms with E-state index in [9.17, 15) is 15.0 Å². The van der Waals surface area contributed by atoms with Crippen LogP contribution in [0.4, 0.5) is 0 Å². The third-order valence-electron chi connectivity index (χ3n) is 3.85. The second-order valence-electron chi connectivity index (χ2n) is 5.68. The third-order valence-corrected chi connectivity index (χ3v) is 3.85. The highest BCUT2D eigenvalue weighted by molar-refractivity contribution is 5.72. The second-order valence-corrected chi connectivity index (χ2v) is 5.68. The molecule has 0 amide bonds. The second kappa shape index (κ2) is 9.35. The molecule has 1 saturated heterocycles. The summed E-state index contributed by atoms with van der Waals surface area (Å²) in [6.07, 6.45) is 0.161. The van der Waals surface area contributed by atoms with Crippen molar-refractivity contribution >= 4 is 5.97 Å². The minimum atomic E-state index is -1.10. The van der Waals surface area contributed by atoms with Crippen molar-refractivity contribution in [2.45, 2.75) is 70.4 Å². The number of ether oxygens (including phenoxy) is 2. The lowest BCUT2D eigenvalue weighted by Crippen LogP contribution is -2.51. The van der Waals surface area contributed by atoms with Crippen molar-refractivity contribution in [3.8, 4) is 0 Å². The lowest BCUT2D eigenvalue weighted by Gasteiger charge is -2.36. The number of carbonyl (C=O) groups excluding carboxylic acids is 1. The standard InChI is InChI=1S/C15H28O6/c1-3-5-10(6-4-2)15(19)20-9-13-14(18)12(17)7-11(8-16)21-13/h10-14,16-18H,3-9H2,1-2H3. The molecule has 4 unspecified atom stereocenters. The Balaban J connectivity index is 2.49. The van der Waals surface area contributed by atoms with Gasteiger partial charge in [0.25, 0.3) is 0 Å². The van der Waals surface area contributed by atoms with Crippen LogP contribution in [-0.2, 0) is 14.3 Å². The number of carbonyl (C=O) groups is 1. The van der Waals surface area contributed by atoms with E-state index in [-0.39, 0.29) is 31.5 Å². The zero-order valence-electron chi connectivity index (χ0n) is 12.9. The predicted octanol–water partition coefficient (Wildman–Crippen LogP) is 0.618. The highest BCUT2D eigenvalue weighted by atomic mass is 16.6. The Labute approximate surface area is 126 Å². The average Bonchev–Trinajstić information content (AvgIpc) is 2.48. The van der Waals surface area contributed by atoms with Gasteiger partial charge in [0.2, 0.25) is 0 Å². The van der Waals surface area contributed by atoms with Gasteiger partial charge in [-0.05, 0) is 12.8 Å². The highest BCUT2D eigenvalue weighted by Gasteiger charge is 2.37. The van der Waals surface area contributed by atoms with Gasteiger partial charge in [-0.25, -0.2) is 0 Å². The SMILES string of the molecule is CCCC(CCC)C(=O)OCC1OC(CO)CC(O)C1O. The van der Waals surface area contributed by atoms with Crippen molar-refractivity contribution in [3.05, 3.63) is 0 Å². The largest absolute Gasteiger partial charge is 0.463 e. The summed E-state index contributed by atoms with van der Waals surface area (Å²) in [5.74, 6) is -0.408. The third kappa shape index (κ3) is 5.54. The van der Waals surface area contributed by atoms with E-state index in [1.165, 1.54) is 0 Å². The Morgan fingerprint density at radius 2 is 1.90 bits per heavy atom. The van der Waals surface area contributed by atoms with Crippen LogP contribution in [0.3, 0.4) is 0 Å².